The number of aryl methyl sites for hydroxylation is 1. The summed E-state index contributed by atoms with van der Waals surface area (Å²) in [5.74, 6) is 0.943. The molecule has 0 spiro atoms. The molecule has 138 valence electrons. The molecule has 2 heterocycles. The van der Waals surface area contributed by atoms with Gasteiger partial charge in [0.1, 0.15) is 0 Å². The average Bonchev–Trinajstić information content (AvgIpc) is 2.93. The van der Waals surface area contributed by atoms with Crippen LogP contribution in [0.3, 0.4) is 0 Å². The highest BCUT2D eigenvalue weighted by atomic mass is 35.5. The minimum atomic E-state index is 0. The molecular weight excluding hydrogens is 354 g/mol. The molecule has 0 aliphatic rings. The molecule has 0 saturated heterocycles. The SMILES string of the molecule is Cc1c(C)n(Cc2ccccc2)c2c(NCc3ccccc3)nccc12.Cl. The molecule has 0 saturated carbocycles. The molecule has 0 bridgehead atoms. The van der Waals surface area contributed by atoms with Crippen LogP contribution in [0.4, 0.5) is 5.82 Å². The molecule has 2 aromatic carbocycles. The molecule has 27 heavy (non-hydrogen) atoms. The van der Waals surface area contributed by atoms with E-state index < -0.39 is 0 Å². The van der Waals surface area contributed by atoms with Gasteiger partial charge in [-0.25, -0.2) is 4.98 Å². The first-order valence-corrected chi connectivity index (χ1v) is 9.00. The summed E-state index contributed by atoms with van der Waals surface area (Å²) in [4.78, 5) is 4.65. The number of pyridine rings is 1. The van der Waals surface area contributed by atoms with Gasteiger partial charge in [0.25, 0.3) is 0 Å². The van der Waals surface area contributed by atoms with E-state index >= 15 is 0 Å². The third-order valence-electron chi connectivity index (χ3n) is 5.03. The summed E-state index contributed by atoms with van der Waals surface area (Å²) in [6, 6.07) is 23.2. The van der Waals surface area contributed by atoms with Gasteiger partial charge < -0.3 is 9.88 Å². The lowest BCUT2D eigenvalue weighted by atomic mass is 10.2. The van der Waals surface area contributed by atoms with E-state index in [1.54, 1.807) is 0 Å². The Morgan fingerprint density at radius 2 is 1.48 bits per heavy atom. The quantitative estimate of drug-likeness (QED) is 0.481. The van der Waals surface area contributed by atoms with Crippen LogP contribution in [0, 0.1) is 13.8 Å². The highest BCUT2D eigenvalue weighted by Gasteiger charge is 2.15. The van der Waals surface area contributed by atoms with Gasteiger partial charge in [-0.15, -0.1) is 12.4 Å². The summed E-state index contributed by atoms with van der Waals surface area (Å²) < 4.78 is 2.38. The van der Waals surface area contributed by atoms with Gasteiger partial charge >= 0.3 is 0 Å². The van der Waals surface area contributed by atoms with Crippen molar-refractivity contribution in [1.82, 2.24) is 9.55 Å². The van der Waals surface area contributed by atoms with Gasteiger partial charge in [0.15, 0.2) is 5.82 Å². The molecule has 4 rings (SSSR count). The number of benzene rings is 2. The van der Waals surface area contributed by atoms with Crippen molar-refractivity contribution in [3.05, 3.63) is 95.3 Å². The van der Waals surface area contributed by atoms with Crippen molar-refractivity contribution in [2.24, 2.45) is 0 Å². The van der Waals surface area contributed by atoms with Gasteiger partial charge in [0.05, 0.1) is 5.52 Å². The fraction of sp³-hybridized carbons (Fsp3) is 0.174. The summed E-state index contributed by atoms with van der Waals surface area (Å²) in [5, 5.41) is 4.81. The molecule has 2 aromatic heterocycles. The Balaban J connectivity index is 0.00000210. The van der Waals surface area contributed by atoms with Gasteiger partial charge in [-0.1, -0.05) is 60.7 Å². The van der Waals surface area contributed by atoms with Crippen molar-refractivity contribution >= 4 is 29.1 Å². The van der Waals surface area contributed by atoms with E-state index in [2.05, 4.69) is 89.4 Å². The number of nitrogens with zero attached hydrogens (tertiary/aromatic N) is 2. The first kappa shape index (κ1) is 19.0. The van der Waals surface area contributed by atoms with E-state index in [1.165, 1.54) is 33.3 Å². The number of aromatic nitrogens is 2. The lowest BCUT2D eigenvalue weighted by Gasteiger charge is -2.13. The predicted octanol–water partition coefficient (Wildman–Crippen LogP) is 5.74. The summed E-state index contributed by atoms with van der Waals surface area (Å²) >= 11 is 0. The number of fused-ring (bicyclic) bond motifs is 1. The number of halogens is 1. The van der Waals surface area contributed by atoms with E-state index in [-0.39, 0.29) is 12.4 Å². The predicted molar refractivity (Wildman–Crippen MR) is 116 cm³/mol. The summed E-state index contributed by atoms with van der Waals surface area (Å²) in [7, 11) is 0. The minimum absolute atomic E-state index is 0. The maximum absolute atomic E-state index is 4.65. The molecule has 0 unspecified atom stereocenters. The zero-order valence-electron chi connectivity index (χ0n) is 15.6. The fourth-order valence-electron chi connectivity index (χ4n) is 3.47. The number of nitrogens with one attached hydrogen (secondary N) is 1. The van der Waals surface area contributed by atoms with Crippen LogP contribution >= 0.6 is 12.4 Å². The van der Waals surface area contributed by atoms with Crippen LogP contribution in [0.25, 0.3) is 10.9 Å². The lowest BCUT2D eigenvalue weighted by Crippen LogP contribution is -2.06. The van der Waals surface area contributed by atoms with Crippen LogP contribution in [-0.4, -0.2) is 9.55 Å². The molecule has 1 N–H and O–H groups in total. The second-order valence-electron chi connectivity index (χ2n) is 6.68. The van der Waals surface area contributed by atoms with Crippen molar-refractivity contribution in [2.45, 2.75) is 26.9 Å². The normalized spacial score (nSPS) is 10.6. The Labute approximate surface area is 166 Å². The zero-order valence-corrected chi connectivity index (χ0v) is 16.5. The average molecular weight is 378 g/mol. The van der Waals surface area contributed by atoms with E-state index in [1.807, 2.05) is 12.3 Å². The van der Waals surface area contributed by atoms with Crippen molar-refractivity contribution in [2.75, 3.05) is 5.32 Å². The molecule has 4 heteroatoms. The Bertz CT molecular complexity index is 1020. The van der Waals surface area contributed by atoms with Crippen molar-refractivity contribution in [1.29, 1.82) is 0 Å². The minimum Gasteiger partial charge on any atom is -0.364 e. The summed E-state index contributed by atoms with van der Waals surface area (Å²) in [6.45, 7) is 6.00. The largest absolute Gasteiger partial charge is 0.364 e. The van der Waals surface area contributed by atoms with Crippen molar-refractivity contribution in [3.8, 4) is 0 Å². The topological polar surface area (TPSA) is 29.9 Å². The molecule has 4 aromatic rings. The zero-order chi connectivity index (χ0) is 17.9. The molecule has 0 atom stereocenters. The Kier molecular flexibility index (Phi) is 5.82. The van der Waals surface area contributed by atoms with Crippen LogP contribution in [0.1, 0.15) is 22.4 Å². The fourth-order valence-corrected chi connectivity index (χ4v) is 3.47. The number of hydrogen-bond acceptors (Lipinski definition) is 2. The smallest absolute Gasteiger partial charge is 0.150 e. The van der Waals surface area contributed by atoms with E-state index in [0.29, 0.717) is 0 Å². The first-order valence-electron chi connectivity index (χ1n) is 9.00. The van der Waals surface area contributed by atoms with Gasteiger partial charge in [-0.2, -0.15) is 0 Å². The second kappa shape index (κ2) is 8.28. The van der Waals surface area contributed by atoms with E-state index in [9.17, 15) is 0 Å². The molecular formula is C23H24ClN3. The third kappa shape index (κ3) is 3.83. The van der Waals surface area contributed by atoms with E-state index in [0.717, 1.165) is 18.9 Å². The van der Waals surface area contributed by atoms with Crippen LogP contribution in [0.5, 0.6) is 0 Å². The number of anilines is 1. The molecule has 0 aliphatic heterocycles. The standard InChI is InChI=1S/C23H23N3.ClH/c1-17-18(2)26(16-20-11-7-4-8-12-20)22-21(17)13-14-24-23(22)25-15-19-9-5-3-6-10-19;/h3-14H,15-16H2,1-2H3,(H,24,25);1H. The second-order valence-corrected chi connectivity index (χ2v) is 6.68. The summed E-state index contributed by atoms with van der Waals surface area (Å²) in [6.07, 6.45) is 1.90. The van der Waals surface area contributed by atoms with Crippen LogP contribution in [0.2, 0.25) is 0 Å². The molecule has 0 aliphatic carbocycles. The van der Waals surface area contributed by atoms with Gasteiger partial charge in [0.2, 0.25) is 0 Å². The maximum Gasteiger partial charge on any atom is 0.150 e. The highest BCUT2D eigenvalue weighted by molar-refractivity contribution is 5.93. The third-order valence-corrected chi connectivity index (χ3v) is 5.03. The van der Waals surface area contributed by atoms with Crippen LogP contribution in [0.15, 0.2) is 72.9 Å². The number of hydrogen-bond donors (Lipinski definition) is 1. The van der Waals surface area contributed by atoms with Gasteiger partial charge in [-0.05, 0) is 36.6 Å². The summed E-state index contributed by atoms with van der Waals surface area (Å²) in [5.41, 5.74) is 6.34. The van der Waals surface area contributed by atoms with Crippen LogP contribution < -0.4 is 5.32 Å². The Morgan fingerprint density at radius 1 is 0.852 bits per heavy atom. The van der Waals surface area contributed by atoms with Crippen molar-refractivity contribution in [3.63, 3.8) is 0 Å². The highest BCUT2D eigenvalue weighted by Crippen LogP contribution is 2.30. The number of rotatable bonds is 5. The molecule has 0 amide bonds. The van der Waals surface area contributed by atoms with Crippen LogP contribution in [-0.2, 0) is 13.1 Å². The van der Waals surface area contributed by atoms with E-state index in [4.69, 9.17) is 0 Å². The van der Waals surface area contributed by atoms with Gasteiger partial charge in [-0.3, -0.25) is 0 Å². The Morgan fingerprint density at radius 3 is 2.15 bits per heavy atom. The Hall–Kier alpha value is -2.78. The van der Waals surface area contributed by atoms with Gasteiger partial charge in [0, 0.05) is 30.4 Å². The molecule has 0 fully saturated rings. The monoisotopic (exact) mass is 377 g/mol. The first-order chi connectivity index (χ1) is 12.7. The van der Waals surface area contributed by atoms with Crippen molar-refractivity contribution < 1.29 is 0 Å². The molecule has 0 radical (unpaired) electrons. The maximum atomic E-state index is 4.65. The molecule has 3 nitrogen and oxygen atoms in total. The lowest BCUT2D eigenvalue weighted by molar-refractivity contribution is 0.799.